The first-order valence-corrected chi connectivity index (χ1v) is 10.2. The molecule has 1 saturated carbocycles. The van der Waals surface area contributed by atoms with E-state index < -0.39 is 0 Å². The number of piperidine rings is 1. The molecule has 2 aliphatic heterocycles. The molecule has 2 saturated heterocycles. The first-order valence-electron chi connectivity index (χ1n) is 10.2. The highest BCUT2D eigenvalue weighted by molar-refractivity contribution is 5.92. The number of amides is 2. The van der Waals surface area contributed by atoms with Gasteiger partial charge in [-0.1, -0.05) is 0 Å². The first-order chi connectivity index (χ1) is 13.0. The zero-order valence-electron chi connectivity index (χ0n) is 16.5. The van der Waals surface area contributed by atoms with Crippen molar-refractivity contribution in [3.8, 4) is 0 Å². The lowest BCUT2D eigenvalue weighted by molar-refractivity contribution is -0.128. The molecule has 3 fully saturated rings. The van der Waals surface area contributed by atoms with Crippen LogP contribution in [0.4, 0.5) is 0 Å². The summed E-state index contributed by atoms with van der Waals surface area (Å²) in [6.45, 7) is 6.40. The summed E-state index contributed by atoms with van der Waals surface area (Å²) in [5.74, 6) is 1.41. The molecule has 1 aromatic rings. The van der Waals surface area contributed by atoms with Crippen LogP contribution in [0.2, 0.25) is 0 Å². The van der Waals surface area contributed by atoms with Crippen LogP contribution in [0.25, 0.3) is 0 Å². The highest BCUT2D eigenvalue weighted by atomic mass is 16.5. The number of hydrogen-bond donors (Lipinski definition) is 0. The molecular weight excluding hydrogens is 342 g/mol. The van der Waals surface area contributed by atoms with Gasteiger partial charge in [-0.25, -0.2) is 0 Å². The number of carbonyl (C=O) groups is 2. The molecule has 3 heterocycles. The van der Waals surface area contributed by atoms with Crippen molar-refractivity contribution in [2.45, 2.75) is 32.6 Å². The third kappa shape index (κ3) is 3.77. The van der Waals surface area contributed by atoms with E-state index in [9.17, 15) is 9.59 Å². The molecule has 6 nitrogen and oxygen atoms in total. The minimum absolute atomic E-state index is 0.0974. The molecule has 0 bridgehead atoms. The van der Waals surface area contributed by atoms with E-state index in [0.29, 0.717) is 5.92 Å². The van der Waals surface area contributed by atoms with Crippen LogP contribution in [0, 0.1) is 17.3 Å². The predicted octanol–water partition coefficient (Wildman–Crippen LogP) is 2.15. The number of aromatic nitrogens is 1. The van der Waals surface area contributed by atoms with Crippen molar-refractivity contribution in [3.05, 3.63) is 24.0 Å². The van der Waals surface area contributed by atoms with E-state index in [0.717, 1.165) is 63.8 Å². The topological polar surface area (TPSA) is 54.8 Å². The predicted molar refractivity (Wildman–Crippen MR) is 102 cm³/mol. The van der Waals surface area contributed by atoms with E-state index in [4.69, 9.17) is 4.74 Å². The lowest BCUT2D eigenvalue weighted by atomic mass is 9.71. The fourth-order valence-electron chi connectivity index (χ4n) is 4.73. The van der Waals surface area contributed by atoms with Crippen molar-refractivity contribution < 1.29 is 14.3 Å². The van der Waals surface area contributed by atoms with Crippen LogP contribution in [-0.2, 0) is 16.6 Å². The maximum atomic E-state index is 12.8. The van der Waals surface area contributed by atoms with Crippen molar-refractivity contribution in [3.63, 3.8) is 0 Å². The van der Waals surface area contributed by atoms with Gasteiger partial charge < -0.3 is 19.1 Å². The molecule has 0 aromatic carbocycles. The number of ether oxygens (including phenoxy) is 1. The van der Waals surface area contributed by atoms with Gasteiger partial charge in [-0.3, -0.25) is 9.59 Å². The van der Waals surface area contributed by atoms with Crippen molar-refractivity contribution in [2.24, 2.45) is 24.3 Å². The number of aryl methyl sites for hydroxylation is 1. The molecule has 4 rings (SSSR count). The number of likely N-dealkylation sites (tertiary alicyclic amines) is 2. The van der Waals surface area contributed by atoms with Crippen LogP contribution in [0.1, 0.15) is 43.1 Å². The van der Waals surface area contributed by atoms with Crippen molar-refractivity contribution in [1.82, 2.24) is 14.4 Å². The third-order valence-electron chi connectivity index (χ3n) is 6.84. The summed E-state index contributed by atoms with van der Waals surface area (Å²) in [6.07, 6.45) is 6.40. The largest absolute Gasteiger partial charge is 0.381 e. The van der Waals surface area contributed by atoms with E-state index in [2.05, 4.69) is 0 Å². The van der Waals surface area contributed by atoms with Crippen molar-refractivity contribution >= 4 is 11.8 Å². The average Bonchev–Trinajstić information content (AvgIpc) is 3.27. The molecule has 6 heteroatoms. The zero-order valence-corrected chi connectivity index (χ0v) is 16.5. The van der Waals surface area contributed by atoms with E-state index in [1.54, 1.807) is 6.92 Å². The van der Waals surface area contributed by atoms with Gasteiger partial charge in [0, 0.05) is 58.9 Å². The van der Waals surface area contributed by atoms with Gasteiger partial charge in [0.25, 0.3) is 5.91 Å². The third-order valence-corrected chi connectivity index (χ3v) is 6.84. The summed E-state index contributed by atoms with van der Waals surface area (Å²) in [4.78, 5) is 28.8. The highest BCUT2D eigenvalue weighted by Gasteiger charge is 2.49. The van der Waals surface area contributed by atoms with Gasteiger partial charge in [0.15, 0.2) is 0 Å². The van der Waals surface area contributed by atoms with E-state index in [-0.39, 0.29) is 17.2 Å². The minimum atomic E-state index is 0.0974. The first kappa shape index (κ1) is 18.5. The lowest BCUT2D eigenvalue weighted by Gasteiger charge is -2.42. The van der Waals surface area contributed by atoms with E-state index in [1.807, 2.05) is 39.7 Å². The Balaban J connectivity index is 1.40. The van der Waals surface area contributed by atoms with Gasteiger partial charge in [0.2, 0.25) is 5.91 Å². The summed E-state index contributed by atoms with van der Waals surface area (Å²) in [7, 11) is 1.91. The van der Waals surface area contributed by atoms with Gasteiger partial charge in [-0.2, -0.15) is 0 Å². The van der Waals surface area contributed by atoms with Gasteiger partial charge in [0.05, 0.1) is 6.61 Å². The van der Waals surface area contributed by atoms with Gasteiger partial charge >= 0.3 is 0 Å². The second kappa shape index (κ2) is 7.30. The Hall–Kier alpha value is -1.82. The molecule has 1 aromatic heterocycles. The Morgan fingerprint density at radius 2 is 1.93 bits per heavy atom. The smallest absolute Gasteiger partial charge is 0.270 e. The molecule has 2 amide bonds. The van der Waals surface area contributed by atoms with E-state index in [1.165, 1.54) is 12.8 Å². The van der Waals surface area contributed by atoms with Crippen molar-refractivity contribution in [1.29, 1.82) is 0 Å². The van der Waals surface area contributed by atoms with Gasteiger partial charge in [-0.05, 0) is 49.1 Å². The summed E-state index contributed by atoms with van der Waals surface area (Å²) < 4.78 is 7.91. The zero-order chi connectivity index (χ0) is 19.0. The van der Waals surface area contributed by atoms with Crippen LogP contribution in [0.15, 0.2) is 18.3 Å². The van der Waals surface area contributed by atoms with Crippen molar-refractivity contribution in [2.75, 3.05) is 39.4 Å². The molecule has 1 unspecified atom stereocenters. The molecule has 1 spiro atoms. The maximum Gasteiger partial charge on any atom is 0.270 e. The summed E-state index contributed by atoms with van der Waals surface area (Å²) >= 11 is 0. The second-order valence-corrected chi connectivity index (χ2v) is 8.74. The second-order valence-electron chi connectivity index (χ2n) is 8.74. The minimum Gasteiger partial charge on any atom is -0.381 e. The van der Waals surface area contributed by atoms with E-state index >= 15 is 0 Å². The van der Waals surface area contributed by atoms with Crippen LogP contribution in [-0.4, -0.2) is 65.6 Å². The van der Waals surface area contributed by atoms with Crippen LogP contribution < -0.4 is 0 Å². The molecule has 0 radical (unpaired) electrons. The standard InChI is InChI=1S/C21H31N3O3/c1-16(25)24-12-18(14-27-13-17-5-6-17)21(15-24)7-10-23(11-8-21)20(26)19-4-3-9-22(19)2/h3-4,9,17-18H,5-8,10-15H2,1-2H3. The Kier molecular flexibility index (Phi) is 5.01. The molecule has 0 N–H and O–H groups in total. The molecular formula is C21H31N3O3. The molecule has 1 aliphatic carbocycles. The Labute approximate surface area is 161 Å². The Bertz CT molecular complexity index is 701. The number of rotatable bonds is 5. The van der Waals surface area contributed by atoms with Crippen LogP contribution >= 0.6 is 0 Å². The summed E-state index contributed by atoms with van der Waals surface area (Å²) in [5, 5.41) is 0. The SMILES string of the molecule is CC(=O)N1CC(COCC2CC2)C2(CCN(C(=O)c3cccn3C)CC2)C1. The Morgan fingerprint density at radius 3 is 2.52 bits per heavy atom. The normalized spacial score (nSPS) is 24.6. The average molecular weight is 373 g/mol. The maximum absolute atomic E-state index is 12.8. The monoisotopic (exact) mass is 373 g/mol. The summed E-state index contributed by atoms with van der Waals surface area (Å²) in [5.41, 5.74) is 0.840. The van der Waals surface area contributed by atoms with Gasteiger partial charge in [0.1, 0.15) is 5.69 Å². The molecule has 148 valence electrons. The molecule has 3 aliphatic rings. The number of nitrogens with zero attached hydrogens (tertiary/aromatic N) is 3. The summed E-state index contributed by atoms with van der Waals surface area (Å²) in [6, 6.07) is 3.79. The molecule has 1 atom stereocenters. The van der Waals surface area contributed by atoms with Gasteiger partial charge in [-0.15, -0.1) is 0 Å². The van der Waals surface area contributed by atoms with Crippen LogP contribution in [0.5, 0.6) is 0 Å². The lowest BCUT2D eigenvalue weighted by Crippen LogP contribution is -2.47. The highest BCUT2D eigenvalue weighted by Crippen LogP contribution is 2.45. The fourth-order valence-corrected chi connectivity index (χ4v) is 4.73. The number of hydrogen-bond acceptors (Lipinski definition) is 3. The quantitative estimate of drug-likeness (QED) is 0.795. The molecule has 27 heavy (non-hydrogen) atoms. The number of carbonyl (C=O) groups excluding carboxylic acids is 2. The fraction of sp³-hybridized carbons (Fsp3) is 0.714. The van der Waals surface area contributed by atoms with Crippen LogP contribution in [0.3, 0.4) is 0 Å². The Morgan fingerprint density at radius 1 is 1.19 bits per heavy atom.